The van der Waals surface area contributed by atoms with Gasteiger partial charge in [-0.2, -0.15) is 0 Å². The number of carboxylic acids is 2. The first-order chi connectivity index (χ1) is 12.1. The number of fused-ring (bicyclic) bond motifs is 3. The normalized spacial score (nSPS) is 44.8. The van der Waals surface area contributed by atoms with E-state index in [0.29, 0.717) is 30.5 Å². The minimum atomic E-state index is -0.851. The fraction of sp³-hybridized carbons (Fsp3) is 0.857. The minimum absolute atomic E-state index is 0.0293. The summed E-state index contributed by atoms with van der Waals surface area (Å²) in [4.78, 5) is 35.3. The highest BCUT2D eigenvalue weighted by Crippen LogP contribution is 2.66. The van der Waals surface area contributed by atoms with E-state index in [1.807, 2.05) is 6.92 Å². The summed E-state index contributed by atoms with van der Waals surface area (Å²) in [6.45, 7) is 6.00. The summed E-state index contributed by atoms with van der Waals surface area (Å²) in [7, 11) is 0. The van der Waals surface area contributed by atoms with Crippen molar-refractivity contribution in [1.29, 1.82) is 0 Å². The Morgan fingerprint density at radius 1 is 0.923 bits per heavy atom. The SMILES string of the molecule is CC(=O)[C@@H]1CC[C@@H]2[C@@H]3CC[C@H](C(=O)O)[C@](C)(CCC(=O)O)[C@H]3CC[C@@]21C. The Morgan fingerprint density at radius 3 is 2.15 bits per heavy atom. The van der Waals surface area contributed by atoms with Gasteiger partial charge in [0.05, 0.1) is 5.92 Å². The van der Waals surface area contributed by atoms with Gasteiger partial charge < -0.3 is 10.2 Å². The molecule has 146 valence electrons. The fourth-order valence-corrected chi connectivity index (χ4v) is 7.27. The van der Waals surface area contributed by atoms with Gasteiger partial charge in [-0.25, -0.2) is 0 Å². The smallest absolute Gasteiger partial charge is 0.307 e. The predicted octanol–water partition coefficient (Wildman–Crippen LogP) is 4.00. The third-order valence-corrected chi connectivity index (χ3v) is 8.54. The molecule has 0 spiro atoms. The first kappa shape index (κ1) is 19.4. The van der Waals surface area contributed by atoms with Gasteiger partial charge in [-0.3, -0.25) is 14.4 Å². The Bertz CT molecular complexity index is 614. The second kappa shape index (κ2) is 6.65. The van der Waals surface area contributed by atoms with E-state index in [0.717, 1.165) is 32.1 Å². The Kier molecular flexibility index (Phi) is 4.95. The largest absolute Gasteiger partial charge is 0.481 e. The number of rotatable bonds is 5. The molecule has 0 aromatic carbocycles. The maximum Gasteiger partial charge on any atom is 0.307 e. The summed E-state index contributed by atoms with van der Waals surface area (Å²) < 4.78 is 0. The molecule has 3 aliphatic carbocycles. The number of hydrogen-bond acceptors (Lipinski definition) is 3. The Labute approximate surface area is 155 Å². The molecule has 0 aliphatic heterocycles. The zero-order chi connectivity index (χ0) is 19.3. The first-order valence-electron chi connectivity index (χ1n) is 10.1. The lowest BCUT2D eigenvalue weighted by Gasteiger charge is -2.58. The molecule has 0 aromatic heterocycles. The van der Waals surface area contributed by atoms with E-state index in [9.17, 15) is 24.6 Å². The molecule has 7 atom stereocenters. The number of ketones is 1. The summed E-state index contributed by atoms with van der Waals surface area (Å²) in [6.07, 6.45) is 5.86. The monoisotopic (exact) mass is 364 g/mol. The van der Waals surface area contributed by atoms with Crippen LogP contribution in [-0.4, -0.2) is 27.9 Å². The van der Waals surface area contributed by atoms with Gasteiger partial charge in [0, 0.05) is 12.3 Å². The first-order valence-corrected chi connectivity index (χ1v) is 10.1. The van der Waals surface area contributed by atoms with Crippen molar-refractivity contribution in [1.82, 2.24) is 0 Å². The zero-order valence-corrected chi connectivity index (χ0v) is 16.2. The summed E-state index contributed by atoms with van der Waals surface area (Å²) in [5.41, 5.74) is -0.431. The summed E-state index contributed by atoms with van der Waals surface area (Å²) in [5.74, 6) is -0.523. The van der Waals surface area contributed by atoms with Gasteiger partial charge in [-0.1, -0.05) is 13.8 Å². The third-order valence-electron chi connectivity index (χ3n) is 8.54. The molecule has 0 radical (unpaired) electrons. The topological polar surface area (TPSA) is 91.7 Å². The molecule has 0 saturated heterocycles. The van der Waals surface area contributed by atoms with Gasteiger partial charge in [-0.15, -0.1) is 0 Å². The molecule has 5 nitrogen and oxygen atoms in total. The Balaban J connectivity index is 1.91. The van der Waals surface area contributed by atoms with Crippen molar-refractivity contribution < 1.29 is 24.6 Å². The van der Waals surface area contributed by atoms with Gasteiger partial charge in [-0.05, 0) is 80.5 Å². The zero-order valence-electron chi connectivity index (χ0n) is 16.2. The summed E-state index contributed by atoms with van der Waals surface area (Å²) in [6, 6.07) is 0. The molecule has 3 aliphatic rings. The van der Waals surface area contributed by atoms with E-state index >= 15 is 0 Å². The molecule has 0 unspecified atom stereocenters. The van der Waals surface area contributed by atoms with Crippen molar-refractivity contribution in [3.8, 4) is 0 Å². The van der Waals surface area contributed by atoms with Crippen LogP contribution >= 0.6 is 0 Å². The molecule has 0 bridgehead atoms. The molecule has 0 heterocycles. The van der Waals surface area contributed by atoms with E-state index in [2.05, 4.69) is 6.92 Å². The molecule has 3 saturated carbocycles. The van der Waals surface area contributed by atoms with Crippen LogP contribution in [0.3, 0.4) is 0 Å². The van der Waals surface area contributed by atoms with Crippen molar-refractivity contribution in [2.45, 2.75) is 72.1 Å². The number of carbonyl (C=O) groups is 3. The maximum absolute atomic E-state index is 12.2. The van der Waals surface area contributed by atoms with Crippen molar-refractivity contribution >= 4 is 17.7 Å². The van der Waals surface area contributed by atoms with E-state index in [-0.39, 0.29) is 23.7 Å². The van der Waals surface area contributed by atoms with Gasteiger partial charge in [0.2, 0.25) is 0 Å². The molecule has 5 heteroatoms. The number of Topliss-reactive ketones (excluding diaryl/α,β-unsaturated/α-hetero) is 1. The van der Waals surface area contributed by atoms with E-state index in [1.165, 1.54) is 0 Å². The van der Waals surface area contributed by atoms with Crippen LogP contribution in [0.4, 0.5) is 0 Å². The average Bonchev–Trinajstić information content (AvgIpc) is 2.90. The number of hydrogen-bond donors (Lipinski definition) is 2. The molecule has 3 fully saturated rings. The fourth-order valence-electron chi connectivity index (χ4n) is 7.27. The van der Waals surface area contributed by atoms with Crippen LogP contribution in [0.25, 0.3) is 0 Å². The van der Waals surface area contributed by atoms with E-state index in [4.69, 9.17) is 0 Å². The van der Waals surface area contributed by atoms with Crippen LogP contribution in [0, 0.1) is 40.4 Å². The van der Waals surface area contributed by atoms with Gasteiger partial charge in [0.1, 0.15) is 5.78 Å². The Hall–Kier alpha value is -1.39. The summed E-state index contributed by atoms with van der Waals surface area (Å²) in [5, 5.41) is 19.0. The molecule has 0 aromatic rings. The van der Waals surface area contributed by atoms with Crippen LogP contribution in [-0.2, 0) is 14.4 Å². The van der Waals surface area contributed by atoms with Crippen molar-refractivity contribution in [3.63, 3.8) is 0 Å². The van der Waals surface area contributed by atoms with Crippen molar-refractivity contribution in [3.05, 3.63) is 0 Å². The molecule has 26 heavy (non-hydrogen) atoms. The minimum Gasteiger partial charge on any atom is -0.481 e. The van der Waals surface area contributed by atoms with Gasteiger partial charge >= 0.3 is 11.9 Å². The van der Waals surface area contributed by atoms with Crippen molar-refractivity contribution in [2.75, 3.05) is 0 Å². The van der Waals surface area contributed by atoms with Crippen LogP contribution in [0.2, 0.25) is 0 Å². The lowest BCUT2D eigenvalue weighted by molar-refractivity contribution is -0.162. The molecule has 2 N–H and O–H groups in total. The maximum atomic E-state index is 12.2. The molecule has 3 rings (SSSR count). The number of carbonyl (C=O) groups excluding carboxylic acids is 1. The van der Waals surface area contributed by atoms with Crippen molar-refractivity contribution in [2.24, 2.45) is 40.4 Å². The van der Waals surface area contributed by atoms with Gasteiger partial charge in [0.25, 0.3) is 0 Å². The summed E-state index contributed by atoms with van der Waals surface area (Å²) >= 11 is 0. The highest BCUT2D eigenvalue weighted by Gasteiger charge is 2.61. The lowest BCUT2D eigenvalue weighted by atomic mass is 9.46. The molecular formula is C21H32O5. The molecular weight excluding hydrogens is 332 g/mol. The number of aliphatic carboxylic acids is 2. The molecule has 0 amide bonds. The Morgan fingerprint density at radius 2 is 1.58 bits per heavy atom. The van der Waals surface area contributed by atoms with Crippen LogP contribution in [0.15, 0.2) is 0 Å². The quantitative estimate of drug-likeness (QED) is 0.769. The van der Waals surface area contributed by atoms with Crippen LogP contribution in [0.5, 0.6) is 0 Å². The predicted molar refractivity (Wildman–Crippen MR) is 96.6 cm³/mol. The van der Waals surface area contributed by atoms with E-state index in [1.54, 1.807) is 6.92 Å². The number of carboxylic acid groups (broad SMARTS) is 2. The second-order valence-corrected chi connectivity index (χ2v) is 9.53. The van der Waals surface area contributed by atoms with Crippen LogP contribution in [0.1, 0.15) is 72.1 Å². The standard InChI is InChI=1S/C21H32O5/c1-12(22)14-6-7-15-13-4-5-17(19(25)26)21(3,11-9-18(23)24)16(13)8-10-20(14,15)2/h13-17H,4-11H2,1-3H3,(H,23,24)(H,25,26)/t13-,14-,15+,16-,17+,20+,21+/m0/s1. The second-order valence-electron chi connectivity index (χ2n) is 9.53. The van der Waals surface area contributed by atoms with Crippen LogP contribution < -0.4 is 0 Å². The highest BCUT2D eigenvalue weighted by atomic mass is 16.4. The van der Waals surface area contributed by atoms with Gasteiger partial charge in [0.15, 0.2) is 0 Å². The highest BCUT2D eigenvalue weighted by molar-refractivity contribution is 5.79. The van der Waals surface area contributed by atoms with E-state index < -0.39 is 23.3 Å². The lowest BCUT2D eigenvalue weighted by Crippen LogP contribution is -2.54. The third kappa shape index (κ3) is 2.87. The average molecular weight is 364 g/mol.